The van der Waals surface area contributed by atoms with Crippen LogP contribution in [-0.4, -0.2) is 143 Å². The number of likely N-dealkylation sites (N-methyl/N-ethyl adjacent to an activating group) is 2. The summed E-state index contributed by atoms with van der Waals surface area (Å²) in [7, 11) is 3.60. The summed E-state index contributed by atoms with van der Waals surface area (Å²) in [6.07, 6.45) is -0.0951. The maximum absolute atomic E-state index is 12.9. The third-order valence-electron chi connectivity index (χ3n) is 9.33. The van der Waals surface area contributed by atoms with Crippen molar-refractivity contribution in [2.24, 2.45) is 0 Å². The van der Waals surface area contributed by atoms with E-state index in [9.17, 15) is 43.5 Å². The number of aliphatic carboxylic acids is 3. The molecule has 1 aromatic carbocycles. The van der Waals surface area contributed by atoms with Gasteiger partial charge in [0, 0.05) is 96.2 Å². The molecule has 1 aromatic heterocycles. The molecule has 2 aliphatic heterocycles. The first-order valence-corrected chi connectivity index (χ1v) is 20.1. The number of aromatic amines is 1. The van der Waals surface area contributed by atoms with Crippen molar-refractivity contribution < 1.29 is 97.5 Å². The molecule has 2 aliphatic rings. The molecule has 1 saturated heterocycles. The first kappa shape index (κ1) is 54.3. The van der Waals surface area contributed by atoms with Crippen LogP contribution in [0.15, 0.2) is 29.1 Å². The number of hydrogen-bond donors (Lipinski definition) is 7. The van der Waals surface area contributed by atoms with Gasteiger partial charge in [-0.05, 0) is 43.1 Å². The van der Waals surface area contributed by atoms with Gasteiger partial charge in [0.1, 0.15) is 17.5 Å². The fourth-order valence-corrected chi connectivity index (χ4v) is 6.12. The molecule has 1 radical (unpaired) electrons. The fourth-order valence-electron chi connectivity index (χ4n) is 5.91. The summed E-state index contributed by atoms with van der Waals surface area (Å²) < 4.78 is 20.0. The van der Waals surface area contributed by atoms with Gasteiger partial charge >= 0.3 is 34.3 Å². The summed E-state index contributed by atoms with van der Waals surface area (Å²) in [5.41, 5.74) is 14.5. The second kappa shape index (κ2) is 28.1. The van der Waals surface area contributed by atoms with Crippen LogP contribution in [0.5, 0.6) is 0 Å². The molecule has 0 bridgehead atoms. The number of nitrogens with zero attached hydrogens (tertiary/aromatic N) is 5. The van der Waals surface area contributed by atoms with E-state index in [-0.39, 0.29) is 68.6 Å². The molecule has 3 heterocycles. The number of carboxylic acid groups (broad SMARTS) is 3. The van der Waals surface area contributed by atoms with Crippen LogP contribution in [0.25, 0.3) is 16.4 Å². The zero-order valence-electron chi connectivity index (χ0n) is 35.0. The van der Waals surface area contributed by atoms with Gasteiger partial charge in [0.2, 0.25) is 5.95 Å². The van der Waals surface area contributed by atoms with Crippen molar-refractivity contribution in [1.29, 1.82) is 0 Å². The quantitative estimate of drug-likeness (QED) is 0.0676. The third kappa shape index (κ3) is 18.4. The van der Waals surface area contributed by atoms with Crippen molar-refractivity contribution >= 4 is 77.2 Å². The van der Waals surface area contributed by atoms with Gasteiger partial charge in [-0.3, -0.25) is 29.0 Å². The van der Waals surface area contributed by atoms with Gasteiger partial charge in [0.15, 0.2) is 5.82 Å². The number of rotatable bonds is 21. The number of Topliss-reactive ketones (excluding diaryl/α,β-unsaturated/α-hetero) is 1. The van der Waals surface area contributed by atoms with E-state index in [1.807, 2.05) is 11.9 Å². The van der Waals surface area contributed by atoms with Crippen LogP contribution in [0.1, 0.15) is 56.7 Å². The number of carboxylic acids is 3. The second-order valence-electron chi connectivity index (χ2n) is 13.9. The van der Waals surface area contributed by atoms with Crippen LogP contribution >= 0.6 is 0 Å². The number of ether oxygens (including phenoxy) is 1. The molecule has 23 nitrogen and oxygen atoms in total. The molecule has 9 N–H and O–H groups in total. The Labute approximate surface area is 393 Å². The maximum atomic E-state index is 12.9. The SMILES string of the molecule is CN(CC1CNc2nc(N)[nH]c(=O)c2N1C)c1ccc(C(=O)N[C@H](CCC(=O)CC[C@H]([NH-])C(=O)[N-][C@@H](CC(=O)O)C(=O)[N-][C@@H](C[S-])C(=O)O)C(=O)O)cc1.[2H][CH-]C1CCCO1.[99Tc].[O]=[Tc+4]. The van der Waals surface area contributed by atoms with E-state index in [2.05, 4.69) is 43.9 Å². The van der Waals surface area contributed by atoms with E-state index in [4.69, 9.17) is 31.3 Å². The van der Waals surface area contributed by atoms with Gasteiger partial charge in [0.05, 0.1) is 6.04 Å². The number of benzene rings is 1. The second-order valence-corrected chi connectivity index (χ2v) is 14.2. The zero-order valence-corrected chi connectivity index (χ0v) is 38.6. The van der Waals surface area contributed by atoms with E-state index in [1.165, 1.54) is 19.0 Å². The van der Waals surface area contributed by atoms with E-state index in [0.717, 1.165) is 44.0 Å². The molecule has 0 saturated carbocycles. The predicted molar refractivity (Wildman–Crippen MR) is 222 cm³/mol. The molecule has 26 heteroatoms. The van der Waals surface area contributed by atoms with E-state index in [1.54, 1.807) is 24.1 Å². The van der Waals surface area contributed by atoms with Crippen molar-refractivity contribution in [1.82, 2.24) is 15.3 Å². The van der Waals surface area contributed by atoms with Crippen LogP contribution in [0.4, 0.5) is 23.1 Å². The molecule has 0 aliphatic carbocycles. The molecule has 346 valence electrons. The van der Waals surface area contributed by atoms with Crippen LogP contribution in [0, 0.1) is 6.90 Å². The monoisotopic (exact) mass is 1070 g/mol. The van der Waals surface area contributed by atoms with Crippen molar-refractivity contribution in [2.75, 3.05) is 60.4 Å². The topological polar surface area (TPSA) is 361 Å². The molecular formula is C37H49N10O13STc2-. The average molecular weight is 1070 g/mol. The Hall–Kier alpha value is -4.84. The normalized spacial score (nSPS) is 17.0. The standard InChI is InChI=1S/C32H43N10O11S.C5H9O.O.2Tc/c1-41(13-17-12-35-25-24(42(17)2)29(49)40-32(34)39-25)16-5-3-15(4-6-16)26(46)36-20(30(50)51)10-8-18(43)7-9-19(33)27(47)37-21(11-23(44)45)28(48)38-22(14-54)31(52)53;1-5-3-2-4-6-5;;;/h3-6,17,19-22,33H,7-14H2,1-2H3,(H11,34,35,36,37,38,39,40,44,45,46,47,48,49,50,51,52,53,54);5H,1-4H2;;;/q2*-1;;;+4/p-3/t17?,19-,20+,21-,22-;;;;/m0..../s1/i;1D;;1+1;. The summed E-state index contributed by atoms with van der Waals surface area (Å²) in [6, 6.07) is -0.487. The molecule has 4 rings (SSSR count). The minimum atomic E-state index is -1.90. The van der Waals surface area contributed by atoms with E-state index < -0.39 is 84.2 Å². The van der Waals surface area contributed by atoms with Crippen molar-refractivity contribution in [3.05, 3.63) is 63.4 Å². The number of hydrogen-bond acceptors (Lipinski definition) is 16. The number of ketones is 1. The fraction of sp³-hybridized carbons (Fsp3) is 0.514. The molecule has 2 unspecified atom stereocenters. The summed E-state index contributed by atoms with van der Waals surface area (Å²) in [6.45, 7) is 3.17. The number of nitrogens with one attached hydrogen (secondary N) is 4. The minimum absolute atomic E-state index is 0. The summed E-state index contributed by atoms with van der Waals surface area (Å²) in [5, 5.41) is 40.0. The first-order chi connectivity index (χ1) is 29.8. The summed E-state index contributed by atoms with van der Waals surface area (Å²) >= 11 is 5.50. The van der Waals surface area contributed by atoms with Crippen molar-refractivity contribution in [3.8, 4) is 0 Å². The summed E-state index contributed by atoms with van der Waals surface area (Å²) in [4.78, 5) is 107. The third-order valence-corrected chi connectivity index (χ3v) is 9.64. The number of fused-ring (bicyclic) bond motifs is 1. The molecule has 0 spiro atoms. The van der Waals surface area contributed by atoms with Crippen LogP contribution in [0.2, 0.25) is 0 Å². The van der Waals surface area contributed by atoms with Crippen molar-refractivity contribution in [3.63, 3.8) is 0 Å². The predicted octanol–water partition coefficient (Wildman–Crippen LogP) is 0.972. The number of aromatic nitrogens is 2. The Morgan fingerprint density at radius 3 is 2.27 bits per heavy atom. The molecule has 2 aromatic rings. The number of amides is 3. The van der Waals surface area contributed by atoms with Crippen molar-refractivity contribution in [2.45, 2.75) is 81.3 Å². The number of H-pyrrole nitrogens is 1. The van der Waals surface area contributed by atoms with Crippen LogP contribution in [-0.2, 0) is 88.6 Å². The van der Waals surface area contributed by atoms with Crippen LogP contribution in [0.3, 0.4) is 0 Å². The van der Waals surface area contributed by atoms with Gasteiger partial charge in [-0.15, -0.1) is 0 Å². The Balaban J connectivity index is 0.00000184. The summed E-state index contributed by atoms with van der Waals surface area (Å²) in [5.74, 6) is -8.38. The first-order valence-electron chi connectivity index (χ1n) is 19.4. The molecular weight excluding hydrogens is 1020 g/mol. The number of nitrogen functional groups attached to an aromatic ring is 1. The van der Waals surface area contributed by atoms with E-state index in [0.29, 0.717) is 24.6 Å². The van der Waals surface area contributed by atoms with Gasteiger partial charge in [-0.2, -0.15) is 10.7 Å². The Morgan fingerprint density at radius 2 is 1.73 bits per heavy atom. The van der Waals surface area contributed by atoms with Gasteiger partial charge in [-0.1, -0.05) is 31.0 Å². The number of carbonyl (C=O) groups excluding carboxylic acids is 4. The number of anilines is 4. The average Bonchev–Trinajstić information content (AvgIpc) is 3.79. The number of nitrogens with two attached hydrogens (primary N) is 1. The molecule has 3 amide bonds. The van der Waals surface area contributed by atoms with E-state index >= 15 is 0 Å². The van der Waals surface area contributed by atoms with Gasteiger partial charge in [-0.25, -0.2) is 6.17 Å². The Bertz CT molecular complexity index is 1970. The molecule has 6 atom stereocenters. The molecule has 63 heavy (non-hydrogen) atoms. The Morgan fingerprint density at radius 1 is 1.10 bits per heavy atom. The zero-order chi connectivity index (χ0) is 47.4. The Kier molecular flexibility index (Phi) is 24.2. The van der Waals surface area contributed by atoms with Gasteiger partial charge < -0.3 is 91.7 Å². The number of carbonyl (C=O) groups is 7. The van der Waals surface area contributed by atoms with Crippen LogP contribution < -0.4 is 31.7 Å². The molecule has 1 fully saturated rings. The van der Waals surface area contributed by atoms with Gasteiger partial charge in [0.25, 0.3) is 17.4 Å².